The third kappa shape index (κ3) is 3.10. The van der Waals surface area contributed by atoms with Crippen LogP contribution >= 0.6 is 11.6 Å². The standard InChI is InChI=1S/C13H11ClN2O4/c14-11-5-9(2-4-12(11)16(19)20)15-7-8-1-3-10(17)6-13(8)18/h1-6,15,17-18H,7H2. The number of nitrogens with zero attached hydrogens (tertiary/aromatic N) is 1. The van der Waals surface area contributed by atoms with Crippen LogP contribution in [-0.2, 0) is 6.54 Å². The number of nitro groups is 1. The summed E-state index contributed by atoms with van der Waals surface area (Å²) in [6, 6.07) is 8.55. The van der Waals surface area contributed by atoms with Crippen molar-refractivity contribution in [3.05, 3.63) is 57.1 Å². The summed E-state index contributed by atoms with van der Waals surface area (Å²) in [7, 11) is 0. The van der Waals surface area contributed by atoms with E-state index >= 15 is 0 Å². The molecule has 0 heterocycles. The molecule has 3 N–H and O–H groups in total. The zero-order chi connectivity index (χ0) is 14.7. The normalized spacial score (nSPS) is 10.2. The molecule has 0 saturated carbocycles. The van der Waals surface area contributed by atoms with Gasteiger partial charge in [0.1, 0.15) is 16.5 Å². The van der Waals surface area contributed by atoms with Gasteiger partial charge in [0.25, 0.3) is 5.69 Å². The maximum absolute atomic E-state index is 10.6. The number of hydrogen-bond donors (Lipinski definition) is 3. The summed E-state index contributed by atoms with van der Waals surface area (Å²) in [5.74, 6) is -0.0601. The average molecular weight is 295 g/mol. The van der Waals surface area contributed by atoms with E-state index in [1.807, 2.05) is 0 Å². The van der Waals surface area contributed by atoms with Crippen molar-refractivity contribution in [1.29, 1.82) is 0 Å². The molecule has 104 valence electrons. The van der Waals surface area contributed by atoms with Gasteiger partial charge in [0.2, 0.25) is 0 Å². The van der Waals surface area contributed by atoms with Gasteiger partial charge in [-0.25, -0.2) is 0 Å². The fourth-order valence-electron chi connectivity index (χ4n) is 1.66. The number of halogens is 1. The third-order valence-electron chi connectivity index (χ3n) is 2.70. The molecule has 0 radical (unpaired) electrons. The monoisotopic (exact) mass is 294 g/mol. The highest BCUT2D eigenvalue weighted by Gasteiger charge is 2.12. The van der Waals surface area contributed by atoms with E-state index in [-0.39, 0.29) is 22.2 Å². The Morgan fingerprint density at radius 2 is 1.95 bits per heavy atom. The molecule has 0 aliphatic rings. The Kier molecular flexibility index (Phi) is 3.95. The summed E-state index contributed by atoms with van der Waals surface area (Å²) in [6.07, 6.45) is 0. The van der Waals surface area contributed by atoms with Crippen LogP contribution < -0.4 is 5.32 Å². The lowest BCUT2D eigenvalue weighted by Gasteiger charge is -2.09. The SMILES string of the molecule is O=[N+]([O-])c1ccc(NCc2ccc(O)cc2O)cc1Cl. The second-order valence-corrected chi connectivity index (χ2v) is 4.50. The molecule has 2 rings (SSSR count). The minimum atomic E-state index is -0.558. The molecule has 20 heavy (non-hydrogen) atoms. The van der Waals surface area contributed by atoms with Crippen molar-refractivity contribution in [3.8, 4) is 11.5 Å². The van der Waals surface area contributed by atoms with E-state index in [0.717, 1.165) is 0 Å². The van der Waals surface area contributed by atoms with Crippen molar-refractivity contribution < 1.29 is 15.1 Å². The number of anilines is 1. The van der Waals surface area contributed by atoms with Crippen molar-refractivity contribution in [1.82, 2.24) is 0 Å². The van der Waals surface area contributed by atoms with Gasteiger partial charge in [-0.1, -0.05) is 11.6 Å². The maximum atomic E-state index is 10.6. The molecule has 0 spiro atoms. The minimum absolute atomic E-state index is 0.0235. The van der Waals surface area contributed by atoms with E-state index in [1.54, 1.807) is 6.07 Å². The quantitative estimate of drug-likeness (QED) is 0.594. The molecule has 0 aliphatic carbocycles. The smallest absolute Gasteiger partial charge is 0.288 e. The molecule has 0 amide bonds. The number of benzene rings is 2. The van der Waals surface area contributed by atoms with Gasteiger partial charge in [-0.2, -0.15) is 0 Å². The zero-order valence-corrected chi connectivity index (χ0v) is 11.0. The Bertz CT molecular complexity index is 661. The Hall–Kier alpha value is -2.47. The van der Waals surface area contributed by atoms with Crippen LogP contribution in [0.4, 0.5) is 11.4 Å². The number of rotatable bonds is 4. The lowest BCUT2D eigenvalue weighted by atomic mass is 10.2. The second-order valence-electron chi connectivity index (χ2n) is 4.09. The number of nitrogens with one attached hydrogen (secondary N) is 1. The Balaban J connectivity index is 2.11. The van der Waals surface area contributed by atoms with Crippen LogP contribution in [-0.4, -0.2) is 15.1 Å². The van der Waals surface area contributed by atoms with Crippen LogP contribution in [0.2, 0.25) is 5.02 Å². The molecule has 0 saturated heterocycles. The number of hydrogen-bond acceptors (Lipinski definition) is 5. The van der Waals surface area contributed by atoms with Gasteiger partial charge < -0.3 is 15.5 Å². The number of phenols is 2. The van der Waals surface area contributed by atoms with Gasteiger partial charge in [-0.15, -0.1) is 0 Å². The van der Waals surface area contributed by atoms with E-state index in [9.17, 15) is 20.3 Å². The van der Waals surface area contributed by atoms with E-state index in [2.05, 4.69) is 5.32 Å². The van der Waals surface area contributed by atoms with E-state index in [1.165, 1.54) is 30.3 Å². The van der Waals surface area contributed by atoms with Gasteiger partial charge in [-0.3, -0.25) is 10.1 Å². The first-order valence-electron chi connectivity index (χ1n) is 5.66. The Labute approximate surface area is 119 Å². The summed E-state index contributed by atoms with van der Waals surface area (Å²) in [6.45, 7) is 0.292. The predicted octanol–water partition coefficient (Wildman–Crippen LogP) is 3.27. The largest absolute Gasteiger partial charge is 0.508 e. The second kappa shape index (κ2) is 5.66. The fraction of sp³-hybridized carbons (Fsp3) is 0.0769. The molecular formula is C13H11ClN2O4. The highest BCUT2D eigenvalue weighted by molar-refractivity contribution is 6.32. The van der Waals surface area contributed by atoms with Gasteiger partial charge in [-0.05, 0) is 24.3 Å². The zero-order valence-electron chi connectivity index (χ0n) is 10.2. The van der Waals surface area contributed by atoms with Crippen LogP contribution in [0.1, 0.15) is 5.56 Å². The van der Waals surface area contributed by atoms with Gasteiger partial charge in [0.15, 0.2) is 0 Å². The lowest BCUT2D eigenvalue weighted by molar-refractivity contribution is -0.384. The van der Waals surface area contributed by atoms with Crippen molar-refractivity contribution in [3.63, 3.8) is 0 Å². The molecular weight excluding hydrogens is 284 g/mol. The van der Waals surface area contributed by atoms with E-state index in [4.69, 9.17) is 11.6 Å². The topological polar surface area (TPSA) is 95.6 Å². The van der Waals surface area contributed by atoms with Crippen molar-refractivity contribution >= 4 is 23.0 Å². The van der Waals surface area contributed by atoms with Crippen LogP contribution in [0.3, 0.4) is 0 Å². The number of phenolic OH excluding ortho intramolecular Hbond substituents is 2. The minimum Gasteiger partial charge on any atom is -0.508 e. The highest BCUT2D eigenvalue weighted by Crippen LogP contribution is 2.28. The van der Waals surface area contributed by atoms with E-state index < -0.39 is 4.92 Å². The first-order valence-corrected chi connectivity index (χ1v) is 6.04. The highest BCUT2D eigenvalue weighted by atomic mass is 35.5. The predicted molar refractivity (Wildman–Crippen MR) is 75.2 cm³/mol. The van der Waals surface area contributed by atoms with Crippen LogP contribution in [0, 0.1) is 10.1 Å². The molecule has 0 aromatic heterocycles. The first kappa shape index (κ1) is 14.0. The molecule has 0 bridgehead atoms. The van der Waals surface area contributed by atoms with Crippen molar-refractivity contribution in [2.24, 2.45) is 0 Å². The summed E-state index contributed by atoms with van der Waals surface area (Å²) in [5.41, 5.74) is 1.01. The summed E-state index contributed by atoms with van der Waals surface area (Å²) >= 11 is 5.79. The van der Waals surface area contributed by atoms with Gasteiger partial charge >= 0.3 is 0 Å². The number of aromatic hydroxyl groups is 2. The molecule has 2 aromatic rings. The summed E-state index contributed by atoms with van der Waals surface area (Å²) < 4.78 is 0. The summed E-state index contributed by atoms with van der Waals surface area (Å²) in [4.78, 5) is 10.1. The van der Waals surface area contributed by atoms with Crippen LogP contribution in [0.5, 0.6) is 11.5 Å². The molecule has 7 heteroatoms. The molecule has 0 atom stereocenters. The molecule has 0 fully saturated rings. The van der Waals surface area contributed by atoms with Crippen LogP contribution in [0.25, 0.3) is 0 Å². The van der Waals surface area contributed by atoms with Crippen LogP contribution in [0.15, 0.2) is 36.4 Å². The van der Waals surface area contributed by atoms with Crippen molar-refractivity contribution in [2.45, 2.75) is 6.54 Å². The first-order chi connectivity index (χ1) is 9.47. The average Bonchev–Trinajstić information content (AvgIpc) is 2.37. The molecule has 0 aliphatic heterocycles. The Morgan fingerprint density at radius 1 is 1.20 bits per heavy atom. The summed E-state index contributed by atoms with van der Waals surface area (Å²) in [5, 5.41) is 32.5. The fourth-order valence-corrected chi connectivity index (χ4v) is 1.91. The lowest BCUT2D eigenvalue weighted by Crippen LogP contribution is -2.00. The van der Waals surface area contributed by atoms with Gasteiger partial charge in [0, 0.05) is 29.9 Å². The Morgan fingerprint density at radius 3 is 2.55 bits per heavy atom. The maximum Gasteiger partial charge on any atom is 0.288 e. The third-order valence-corrected chi connectivity index (χ3v) is 3.00. The van der Waals surface area contributed by atoms with Gasteiger partial charge in [0.05, 0.1) is 4.92 Å². The van der Waals surface area contributed by atoms with Crippen molar-refractivity contribution in [2.75, 3.05) is 5.32 Å². The molecule has 6 nitrogen and oxygen atoms in total. The molecule has 0 unspecified atom stereocenters. The molecule has 2 aromatic carbocycles. The van der Waals surface area contributed by atoms with E-state index in [0.29, 0.717) is 17.8 Å². The number of nitro benzene ring substituents is 1.